The molecule has 2 aliphatic rings. The van der Waals surface area contributed by atoms with Gasteiger partial charge in [-0.15, -0.1) is 0 Å². The molecule has 2 aromatic carbocycles. The average molecular weight is 416 g/mol. The monoisotopic (exact) mass is 415 g/mol. The van der Waals surface area contributed by atoms with Crippen LogP contribution in [0.4, 0.5) is 9.18 Å². The zero-order valence-corrected chi connectivity index (χ0v) is 16.3. The van der Waals surface area contributed by atoms with Gasteiger partial charge in [-0.3, -0.25) is 14.5 Å². The maximum absolute atomic E-state index is 14.1. The zero-order chi connectivity index (χ0) is 20.6. The van der Waals surface area contributed by atoms with Gasteiger partial charge in [0.1, 0.15) is 11.4 Å². The Labute approximate surface area is 172 Å². The maximum Gasteiger partial charge on any atom is 0.325 e. The number of hydrogen-bond donors (Lipinski definition) is 1. The molecule has 1 N–H and O–H groups in total. The van der Waals surface area contributed by atoms with Gasteiger partial charge < -0.3 is 10.2 Å². The lowest BCUT2D eigenvalue weighted by atomic mass is 9.88. The Balaban J connectivity index is 1.55. The van der Waals surface area contributed by atoms with Crippen LogP contribution < -0.4 is 5.32 Å². The number of halogens is 2. The molecule has 2 fully saturated rings. The lowest BCUT2D eigenvalue weighted by Crippen LogP contribution is -2.59. The topological polar surface area (TPSA) is 69.7 Å². The van der Waals surface area contributed by atoms with Crippen LogP contribution in [0.1, 0.15) is 28.8 Å². The Bertz CT molecular complexity index is 984. The molecule has 2 aromatic rings. The summed E-state index contributed by atoms with van der Waals surface area (Å²) in [6, 6.07) is 12.5. The molecule has 4 rings (SSSR count). The van der Waals surface area contributed by atoms with Crippen LogP contribution in [-0.2, 0) is 11.3 Å². The fourth-order valence-electron chi connectivity index (χ4n) is 3.92. The molecule has 0 bridgehead atoms. The molecule has 29 heavy (non-hydrogen) atoms. The Morgan fingerprint density at radius 2 is 1.93 bits per heavy atom. The first-order valence-corrected chi connectivity index (χ1v) is 9.70. The fraction of sp³-hybridized carbons (Fsp3) is 0.286. The lowest BCUT2D eigenvalue weighted by molar-refractivity contribution is -0.133. The van der Waals surface area contributed by atoms with Crippen molar-refractivity contribution in [1.29, 1.82) is 0 Å². The van der Waals surface area contributed by atoms with Crippen molar-refractivity contribution in [1.82, 2.24) is 15.1 Å². The van der Waals surface area contributed by atoms with E-state index in [-0.39, 0.29) is 29.6 Å². The molecule has 150 valence electrons. The highest BCUT2D eigenvalue weighted by Gasteiger charge is 2.53. The van der Waals surface area contributed by atoms with Crippen LogP contribution in [-0.4, -0.2) is 46.3 Å². The minimum Gasteiger partial charge on any atom is -0.336 e. The summed E-state index contributed by atoms with van der Waals surface area (Å²) in [6.45, 7) is 0.520. The number of rotatable bonds is 3. The summed E-state index contributed by atoms with van der Waals surface area (Å²) < 4.78 is 14.1. The van der Waals surface area contributed by atoms with E-state index < -0.39 is 23.3 Å². The van der Waals surface area contributed by atoms with E-state index in [0.29, 0.717) is 19.4 Å². The first kappa shape index (κ1) is 19.4. The molecule has 6 nitrogen and oxygen atoms in total. The molecule has 0 saturated carbocycles. The van der Waals surface area contributed by atoms with Gasteiger partial charge in [-0.1, -0.05) is 41.9 Å². The molecular weight excluding hydrogens is 397 g/mol. The quantitative estimate of drug-likeness (QED) is 0.782. The number of imide groups is 1. The van der Waals surface area contributed by atoms with E-state index in [9.17, 15) is 18.8 Å². The molecular formula is C21H19ClFN3O3. The summed E-state index contributed by atoms with van der Waals surface area (Å²) in [5.74, 6) is -1.59. The summed E-state index contributed by atoms with van der Waals surface area (Å²) in [5, 5.41) is 3.03. The number of piperidine rings is 1. The van der Waals surface area contributed by atoms with E-state index >= 15 is 0 Å². The highest BCUT2D eigenvalue weighted by molar-refractivity contribution is 6.31. The third-order valence-electron chi connectivity index (χ3n) is 5.37. The van der Waals surface area contributed by atoms with Crippen molar-refractivity contribution < 1.29 is 18.8 Å². The Morgan fingerprint density at radius 3 is 2.69 bits per heavy atom. The van der Waals surface area contributed by atoms with Gasteiger partial charge in [0, 0.05) is 11.6 Å². The van der Waals surface area contributed by atoms with E-state index in [1.165, 1.54) is 21.9 Å². The van der Waals surface area contributed by atoms with Gasteiger partial charge in [0.25, 0.3) is 11.8 Å². The van der Waals surface area contributed by atoms with Gasteiger partial charge in [0.05, 0.1) is 18.7 Å². The molecule has 0 aliphatic carbocycles. The number of urea groups is 1. The highest BCUT2D eigenvalue weighted by atomic mass is 35.5. The minimum atomic E-state index is -1.19. The highest BCUT2D eigenvalue weighted by Crippen LogP contribution is 2.30. The largest absolute Gasteiger partial charge is 0.336 e. The van der Waals surface area contributed by atoms with Crippen LogP contribution >= 0.6 is 11.6 Å². The second-order valence-corrected chi connectivity index (χ2v) is 7.78. The molecule has 0 aromatic heterocycles. The van der Waals surface area contributed by atoms with Gasteiger partial charge >= 0.3 is 6.03 Å². The number of amides is 4. The third kappa shape index (κ3) is 3.58. The maximum atomic E-state index is 14.1. The molecule has 2 aliphatic heterocycles. The van der Waals surface area contributed by atoms with E-state index in [2.05, 4.69) is 5.32 Å². The van der Waals surface area contributed by atoms with Crippen LogP contribution in [0, 0.1) is 5.82 Å². The van der Waals surface area contributed by atoms with Crippen molar-refractivity contribution in [2.45, 2.75) is 24.9 Å². The predicted molar refractivity (Wildman–Crippen MR) is 105 cm³/mol. The fourth-order valence-corrected chi connectivity index (χ4v) is 4.10. The van der Waals surface area contributed by atoms with Crippen LogP contribution in [0.15, 0.2) is 48.5 Å². The molecule has 2 heterocycles. The average Bonchev–Trinajstić information content (AvgIpc) is 2.94. The number of likely N-dealkylation sites (tertiary alicyclic amines) is 1. The number of nitrogens with zero attached hydrogens (tertiary/aromatic N) is 2. The minimum absolute atomic E-state index is 0.00630. The van der Waals surface area contributed by atoms with Crippen LogP contribution in [0.3, 0.4) is 0 Å². The summed E-state index contributed by atoms with van der Waals surface area (Å²) >= 11 is 5.90. The van der Waals surface area contributed by atoms with E-state index in [4.69, 9.17) is 11.6 Å². The summed E-state index contributed by atoms with van der Waals surface area (Å²) in [4.78, 5) is 41.1. The lowest BCUT2D eigenvalue weighted by Gasteiger charge is -2.38. The Kier molecular flexibility index (Phi) is 5.00. The normalized spacial score (nSPS) is 21.6. The van der Waals surface area contributed by atoms with E-state index in [1.54, 1.807) is 0 Å². The van der Waals surface area contributed by atoms with E-state index in [0.717, 1.165) is 11.6 Å². The second kappa shape index (κ2) is 7.48. The summed E-state index contributed by atoms with van der Waals surface area (Å²) in [6.07, 6.45) is 0.934. The number of hydrogen-bond acceptors (Lipinski definition) is 3. The molecule has 8 heteroatoms. The van der Waals surface area contributed by atoms with Crippen molar-refractivity contribution >= 4 is 29.4 Å². The molecule has 2 saturated heterocycles. The molecule has 0 radical (unpaired) electrons. The molecule has 4 amide bonds. The zero-order valence-electron chi connectivity index (χ0n) is 15.5. The van der Waals surface area contributed by atoms with Crippen molar-refractivity contribution in [2.24, 2.45) is 0 Å². The van der Waals surface area contributed by atoms with Gasteiger partial charge in [-0.25, -0.2) is 9.18 Å². The van der Waals surface area contributed by atoms with E-state index in [1.807, 2.05) is 30.3 Å². The SMILES string of the molecule is O=C(c1cc(Cl)ccc1F)N1CCCC2(C1)NC(=O)N(Cc1ccccc1)C2=O. The van der Waals surface area contributed by atoms with Crippen LogP contribution in [0.25, 0.3) is 0 Å². The third-order valence-corrected chi connectivity index (χ3v) is 5.60. The van der Waals surface area contributed by atoms with Crippen molar-refractivity contribution in [2.75, 3.05) is 13.1 Å². The summed E-state index contributed by atoms with van der Waals surface area (Å²) in [5.41, 5.74) is -0.500. The van der Waals surface area contributed by atoms with Gasteiger partial charge in [-0.05, 0) is 36.6 Å². The van der Waals surface area contributed by atoms with Crippen molar-refractivity contribution in [3.63, 3.8) is 0 Å². The van der Waals surface area contributed by atoms with Crippen LogP contribution in [0.2, 0.25) is 5.02 Å². The van der Waals surface area contributed by atoms with Crippen LogP contribution in [0.5, 0.6) is 0 Å². The standard InChI is InChI=1S/C21H19ClFN3O3/c22-15-7-8-17(23)16(11-15)18(27)25-10-4-9-21(13-25)19(28)26(20(29)24-21)12-14-5-2-1-3-6-14/h1-3,5-8,11H,4,9-10,12-13H2,(H,24,29). The molecule has 1 unspecified atom stereocenters. The van der Waals surface area contributed by atoms with Gasteiger partial charge in [0.15, 0.2) is 0 Å². The summed E-state index contributed by atoms with van der Waals surface area (Å²) in [7, 11) is 0. The first-order chi connectivity index (χ1) is 13.9. The van der Waals surface area contributed by atoms with Crippen molar-refractivity contribution in [3.8, 4) is 0 Å². The first-order valence-electron chi connectivity index (χ1n) is 9.32. The number of nitrogens with one attached hydrogen (secondary N) is 1. The van der Waals surface area contributed by atoms with Crippen molar-refractivity contribution in [3.05, 3.63) is 70.5 Å². The number of benzene rings is 2. The predicted octanol–water partition coefficient (Wildman–Crippen LogP) is 3.21. The number of carbonyl (C=O) groups excluding carboxylic acids is 3. The second-order valence-electron chi connectivity index (χ2n) is 7.34. The number of carbonyl (C=O) groups is 3. The smallest absolute Gasteiger partial charge is 0.325 e. The Hall–Kier alpha value is -2.93. The van der Waals surface area contributed by atoms with Gasteiger partial charge in [0.2, 0.25) is 0 Å². The van der Waals surface area contributed by atoms with Gasteiger partial charge in [-0.2, -0.15) is 0 Å². The molecule has 1 spiro atoms. The Morgan fingerprint density at radius 1 is 1.17 bits per heavy atom. The molecule has 1 atom stereocenters.